The molecule has 1 N–H and O–H groups in total. The quantitative estimate of drug-likeness (QED) is 0.904. The Balaban J connectivity index is 2.27. The summed E-state index contributed by atoms with van der Waals surface area (Å²) < 4.78 is 27.7. The van der Waals surface area contributed by atoms with Gasteiger partial charge in [0.15, 0.2) is 0 Å². The van der Waals surface area contributed by atoms with E-state index >= 15 is 0 Å². The minimum atomic E-state index is -3.70. The molecular formula is C18H22N2O3S. The third-order valence-corrected chi connectivity index (χ3v) is 5.46. The zero-order valence-electron chi connectivity index (χ0n) is 14.3. The Morgan fingerprint density at radius 2 is 1.71 bits per heavy atom. The molecule has 0 saturated heterocycles. The van der Waals surface area contributed by atoms with Gasteiger partial charge in [-0.15, -0.1) is 0 Å². The summed E-state index contributed by atoms with van der Waals surface area (Å²) in [6, 6.07) is 11.4. The van der Waals surface area contributed by atoms with Gasteiger partial charge in [0.1, 0.15) is 0 Å². The zero-order valence-corrected chi connectivity index (χ0v) is 15.1. The molecule has 24 heavy (non-hydrogen) atoms. The molecule has 1 amide bonds. The van der Waals surface area contributed by atoms with Crippen molar-refractivity contribution in [3.8, 4) is 0 Å². The fraction of sp³-hybridized carbons (Fsp3) is 0.278. The van der Waals surface area contributed by atoms with E-state index in [-0.39, 0.29) is 10.8 Å². The first kappa shape index (κ1) is 18.0. The van der Waals surface area contributed by atoms with Crippen molar-refractivity contribution in [2.45, 2.75) is 25.7 Å². The van der Waals surface area contributed by atoms with Crippen LogP contribution in [0, 0.1) is 13.8 Å². The van der Waals surface area contributed by atoms with Crippen molar-refractivity contribution in [1.82, 2.24) is 4.90 Å². The minimum Gasteiger partial charge on any atom is -0.342 e. The Morgan fingerprint density at radius 3 is 2.29 bits per heavy atom. The van der Waals surface area contributed by atoms with Crippen LogP contribution in [0.2, 0.25) is 0 Å². The average Bonchev–Trinajstić information content (AvgIpc) is 2.57. The molecule has 0 radical (unpaired) electrons. The molecule has 2 aromatic rings. The third-order valence-electron chi connectivity index (χ3n) is 4.08. The standard InChI is InChI=1S/C18H22N2O3S/c1-5-20(4)18(21)15-9-11-16(12-10-15)24(22,23)19-17-8-6-7-13(2)14(17)3/h6-12,19H,5H2,1-4H3. The number of nitrogens with zero attached hydrogens (tertiary/aromatic N) is 1. The molecule has 6 heteroatoms. The van der Waals surface area contributed by atoms with E-state index in [1.165, 1.54) is 24.3 Å². The first-order valence-corrected chi connectivity index (χ1v) is 9.19. The largest absolute Gasteiger partial charge is 0.342 e. The number of hydrogen-bond acceptors (Lipinski definition) is 3. The highest BCUT2D eigenvalue weighted by Crippen LogP contribution is 2.22. The van der Waals surface area contributed by atoms with Crippen molar-refractivity contribution < 1.29 is 13.2 Å². The monoisotopic (exact) mass is 346 g/mol. The number of anilines is 1. The van der Waals surface area contributed by atoms with Gasteiger partial charge in [-0.05, 0) is 62.2 Å². The fourth-order valence-electron chi connectivity index (χ4n) is 2.21. The first-order chi connectivity index (χ1) is 11.3. The molecule has 0 atom stereocenters. The molecule has 0 aliphatic rings. The molecule has 2 aromatic carbocycles. The number of hydrogen-bond donors (Lipinski definition) is 1. The van der Waals surface area contributed by atoms with E-state index in [0.29, 0.717) is 17.8 Å². The van der Waals surface area contributed by atoms with Gasteiger partial charge in [0.05, 0.1) is 10.6 Å². The maximum atomic E-state index is 12.5. The Labute approximate surface area is 143 Å². The Hall–Kier alpha value is -2.34. The minimum absolute atomic E-state index is 0.124. The number of carbonyl (C=O) groups excluding carboxylic acids is 1. The van der Waals surface area contributed by atoms with Crippen molar-refractivity contribution in [3.05, 3.63) is 59.2 Å². The van der Waals surface area contributed by atoms with E-state index in [0.717, 1.165) is 11.1 Å². The number of carbonyl (C=O) groups is 1. The number of aryl methyl sites for hydroxylation is 1. The Kier molecular flexibility index (Phi) is 5.29. The summed E-state index contributed by atoms with van der Waals surface area (Å²) in [4.78, 5) is 13.8. The summed E-state index contributed by atoms with van der Waals surface area (Å²) >= 11 is 0. The lowest BCUT2D eigenvalue weighted by molar-refractivity contribution is 0.0802. The van der Waals surface area contributed by atoms with E-state index in [9.17, 15) is 13.2 Å². The Morgan fingerprint density at radius 1 is 1.08 bits per heavy atom. The molecule has 2 rings (SSSR count). The van der Waals surface area contributed by atoms with Crippen LogP contribution in [0.15, 0.2) is 47.4 Å². The maximum Gasteiger partial charge on any atom is 0.261 e. The second-order valence-electron chi connectivity index (χ2n) is 5.70. The molecular weight excluding hydrogens is 324 g/mol. The summed E-state index contributed by atoms with van der Waals surface area (Å²) in [6.45, 7) is 6.27. The van der Waals surface area contributed by atoms with Gasteiger partial charge in [-0.2, -0.15) is 0 Å². The van der Waals surface area contributed by atoms with Crippen LogP contribution in [-0.4, -0.2) is 32.8 Å². The summed E-state index contributed by atoms with van der Waals surface area (Å²) in [5.41, 5.74) is 2.92. The third kappa shape index (κ3) is 3.76. The van der Waals surface area contributed by atoms with Gasteiger partial charge in [0.2, 0.25) is 0 Å². The molecule has 0 fully saturated rings. The van der Waals surface area contributed by atoms with Crippen LogP contribution in [0.5, 0.6) is 0 Å². The van der Waals surface area contributed by atoms with E-state index in [4.69, 9.17) is 0 Å². The van der Waals surface area contributed by atoms with Crippen molar-refractivity contribution in [2.24, 2.45) is 0 Å². The fourth-order valence-corrected chi connectivity index (χ4v) is 3.33. The van der Waals surface area contributed by atoms with E-state index in [1.807, 2.05) is 32.9 Å². The van der Waals surface area contributed by atoms with Gasteiger partial charge < -0.3 is 4.90 Å². The molecule has 0 unspecified atom stereocenters. The molecule has 0 saturated carbocycles. The average molecular weight is 346 g/mol. The van der Waals surface area contributed by atoms with Gasteiger partial charge in [-0.1, -0.05) is 12.1 Å². The Bertz CT molecular complexity index is 843. The molecule has 5 nitrogen and oxygen atoms in total. The normalized spacial score (nSPS) is 11.2. The predicted molar refractivity (Wildman–Crippen MR) is 95.8 cm³/mol. The number of sulfonamides is 1. The van der Waals surface area contributed by atoms with Gasteiger partial charge in [0.25, 0.3) is 15.9 Å². The summed E-state index contributed by atoms with van der Waals surface area (Å²) in [5.74, 6) is -0.135. The second-order valence-corrected chi connectivity index (χ2v) is 7.38. The summed E-state index contributed by atoms with van der Waals surface area (Å²) in [5, 5.41) is 0. The predicted octanol–water partition coefficient (Wildman–Crippen LogP) is 3.20. The zero-order chi connectivity index (χ0) is 17.9. The number of nitrogens with one attached hydrogen (secondary N) is 1. The van der Waals surface area contributed by atoms with E-state index in [1.54, 1.807) is 18.0 Å². The van der Waals surface area contributed by atoms with Gasteiger partial charge >= 0.3 is 0 Å². The lowest BCUT2D eigenvalue weighted by Gasteiger charge is -2.15. The SMILES string of the molecule is CCN(C)C(=O)c1ccc(S(=O)(=O)Nc2cccc(C)c2C)cc1. The van der Waals surface area contributed by atoms with Gasteiger partial charge in [-0.25, -0.2) is 8.42 Å². The van der Waals surface area contributed by atoms with Crippen LogP contribution >= 0.6 is 0 Å². The highest BCUT2D eigenvalue weighted by molar-refractivity contribution is 7.92. The lowest BCUT2D eigenvalue weighted by atomic mass is 10.1. The summed E-state index contributed by atoms with van der Waals surface area (Å²) in [7, 11) is -1.99. The first-order valence-electron chi connectivity index (χ1n) is 7.71. The number of benzene rings is 2. The van der Waals surface area contributed by atoms with Crippen LogP contribution in [-0.2, 0) is 10.0 Å². The molecule has 0 bridgehead atoms. The van der Waals surface area contributed by atoms with Crippen LogP contribution in [0.3, 0.4) is 0 Å². The molecule has 0 aliphatic heterocycles. The maximum absolute atomic E-state index is 12.5. The summed E-state index contributed by atoms with van der Waals surface area (Å²) in [6.07, 6.45) is 0. The molecule has 128 valence electrons. The van der Waals surface area contributed by atoms with Crippen molar-refractivity contribution in [3.63, 3.8) is 0 Å². The topological polar surface area (TPSA) is 66.5 Å². The number of amides is 1. The second kappa shape index (κ2) is 7.05. The molecule has 0 spiro atoms. The molecule has 0 aromatic heterocycles. The van der Waals surface area contributed by atoms with Crippen LogP contribution in [0.1, 0.15) is 28.4 Å². The van der Waals surface area contributed by atoms with Gasteiger partial charge in [-0.3, -0.25) is 9.52 Å². The van der Waals surface area contributed by atoms with Crippen LogP contribution in [0.25, 0.3) is 0 Å². The number of rotatable bonds is 5. The highest BCUT2D eigenvalue weighted by Gasteiger charge is 2.17. The van der Waals surface area contributed by atoms with Crippen molar-refractivity contribution in [2.75, 3.05) is 18.3 Å². The lowest BCUT2D eigenvalue weighted by Crippen LogP contribution is -2.26. The van der Waals surface area contributed by atoms with E-state index in [2.05, 4.69) is 4.72 Å². The van der Waals surface area contributed by atoms with Crippen LogP contribution in [0.4, 0.5) is 5.69 Å². The van der Waals surface area contributed by atoms with Gasteiger partial charge in [0, 0.05) is 19.2 Å². The molecule has 0 aliphatic carbocycles. The smallest absolute Gasteiger partial charge is 0.261 e. The van der Waals surface area contributed by atoms with Crippen molar-refractivity contribution in [1.29, 1.82) is 0 Å². The van der Waals surface area contributed by atoms with E-state index < -0.39 is 10.0 Å². The van der Waals surface area contributed by atoms with Crippen LogP contribution < -0.4 is 4.72 Å². The van der Waals surface area contributed by atoms with Crippen molar-refractivity contribution >= 4 is 21.6 Å². The molecule has 0 heterocycles. The highest BCUT2D eigenvalue weighted by atomic mass is 32.2.